The van der Waals surface area contributed by atoms with Crippen LogP contribution >= 0.6 is 12.6 Å². The van der Waals surface area contributed by atoms with Crippen molar-refractivity contribution >= 4 is 74.4 Å². The predicted octanol–water partition coefficient (Wildman–Crippen LogP) is 9.60. The summed E-state index contributed by atoms with van der Waals surface area (Å²) in [4.78, 5) is 0.923. The lowest BCUT2D eigenvalue weighted by atomic mass is 9.59. The van der Waals surface area contributed by atoms with E-state index in [1.54, 1.807) is 0 Å². The maximum atomic E-state index is 6.81. The minimum atomic E-state index is 0.827. The molecule has 0 unspecified atom stereocenters. The van der Waals surface area contributed by atoms with E-state index in [2.05, 4.69) is 162 Å². The lowest BCUT2D eigenvalue weighted by molar-refractivity contribution is 0.488. The molecule has 219 valence electrons. The molecule has 9 aromatic rings. The van der Waals surface area contributed by atoms with Gasteiger partial charge in [-0.1, -0.05) is 91.0 Å². The molecular formula is C42H26BN2OS. The van der Waals surface area contributed by atoms with Crippen molar-refractivity contribution in [1.29, 1.82) is 0 Å². The molecular weight excluding hydrogens is 591 g/mol. The van der Waals surface area contributed by atoms with E-state index in [0.717, 1.165) is 60.9 Å². The number of para-hydroxylation sites is 4. The van der Waals surface area contributed by atoms with Gasteiger partial charge in [-0.3, -0.25) is 0 Å². The largest absolute Gasteiger partial charge is 0.458 e. The topological polar surface area (TPSA) is 19.1 Å². The van der Waals surface area contributed by atoms with Gasteiger partial charge in [0, 0.05) is 38.2 Å². The molecule has 3 heterocycles. The molecule has 1 aliphatic heterocycles. The molecule has 0 fully saturated rings. The number of thiol groups is 1. The molecule has 0 saturated carbocycles. The number of benzene rings is 7. The Balaban J connectivity index is 1.18. The molecule has 3 nitrogen and oxygen atoms in total. The highest BCUT2D eigenvalue weighted by molar-refractivity contribution is 7.80. The smallest absolute Gasteiger partial charge is 0.202 e. The van der Waals surface area contributed by atoms with E-state index in [-0.39, 0.29) is 0 Å². The Morgan fingerprint density at radius 1 is 0.447 bits per heavy atom. The van der Waals surface area contributed by atoms with Crippen molar-refractivity contribution in [3.63, 3.8) is 0 Å². The lowest BCUT2D eigenvalue weighted by Gasteiger charge is -2.25. The van der Waals surface area contributed by atoms with Crippen LogP contribution in [-0.4, -0.2) is 16.4 Å². The zero-order valence-electron chi connectivity index (χ0n) is 25.3. The summed E-state index contributed by atoms with van der Waals surface area (Å²) in [5.74, 6) is 1.67. The van der Waals surface area contributed by atoms with E-state index in [9.17, 15) is 0 Å². The van der Waals surface area contributed by atoms with E-state index < -0.39 is 0 Å². The Hall–Kier alpha value is -5.65. The third-order valence-corrected chi connectivity index (χ3v) is 9.90. The first-order chi connectivity index (χ1) is 23.2. The van der Waals surface area contributed by atoms with Crippen LogP contribution in [0.15, 0.2) is 157 Å². The summed E-state index contributed by atoms with van der Waals surface area (Å²) in [5, 5.41) is 4.95. The Morgan fingerprint density at radius 3 is 1.53 bits per heavy atom. The van der Waals surface area contributed by atoms with Gasteiger partial charge >= 0.3 is 0 Å². The van der Waals surface area contributed by atoms with E-state index in [1.165, 1.54) is 32.6 Å². The van der Waals surface area contributed by atoms with Crippen molar-refractivity contribution < 1.29 is 4.74 Å². The number of nitrogens with zero attached hydrogens (tertiary/aromatic N) is 2. The predicted molar refractivity (Wildman–Crippen MR) is 199 cm³/mol. The van der Waals surface area contributed by atoms with E-state index in [4.69, 9.17) is 17.4 Å². The molecule has 0 spiro atoms. The minimum absolute atomic E-state index is 0.827. The highest BCUT2D eigenvalue weighted by Gasteiger charge is 2.26. The molecule has 0 N–H and O–H groups in total. The number of hydrogen-bond acceptors (Lipinski definition) is 2. The normalized spacial score (nSPS) is 12.3. The lowest BCUT2D eigenvalue weighted by Crippen LogP contribution is -2.35. The average molecular weight is 618 g/mol. The molecule has 7 aromatic carbocycles. The first-order valence-corrected chi connectivity index (χ1v) is 16.3. The molecule has 47 heavy (non-hydrogen) atoms. The fraction of sp³-hybridized carbons (Fsp3) is 0. The highest BCUT2D eigenvalue weighted by atomic mass is 32.1. The third kappa shape index (κ3) is 3.97. The Morgan fingerprint density at radius 2 is 0.957 bits per heavy atom. The van der Waals surface area contributed by atoms with Crippen molar-refractivity contribution in [2.24, 2.45) is 0 Å². The van der Waals surface area contributed by atoms with Crippen LogP contribution in [0.2, 0.25) is 0 Å². The van der Waals surface area contributed by atoms with E-state index in [1.807, 2.05) is 6.07 Å². The van der Waals surface area contributed by atoms with Crippen molar-refractivity contribution in [3.8, 4) is 34.0 Å². The second-order valence-corrected chi connectivity index (χ2v) is 12.6. The van der Waals surface area contributed by atoms with Crippen LogP contribution in [0, 0.1) is 0 Å². The van der Waals surface area contributed by atoms with Gasteiger partial charge in [0.2, 0.25) is 7.28 Å². The highest BCUT2D eigenvalue weighted by Crippen LogP contribution is 2.38. The van der Waals surface area contributed by atoms with Crippen LogP contribution in [0.1, 0.15) is 0 Å². The quantitative estimate of drug-likeness (QED) is 0.155. The Kier molecular flexibility index (Phi) is 5.75. The Bertz CT molecular complexity index is 2610. The van der Waals surface area contributed by atoms with Gasteiger partial charge in [-0.2, -0.15) is 0 Å². The van der Waals surface area contributed by atoms with Gasteiger partial charge in [-0.15, -0.1) is 12.6 Å². The molecule has 0 atom stereocenters. The molecule has 1 aliphatic rings. The van der Waals surface area contributed by atoms with Crippen LogP contribution in [-0.2, 0) is 0 Å². The fourth-order valence-corrected chi connectivity index (χ4v) is 7.74. The molecule has 0 aliphatic carbocycles. The molecule has 10 rings (SSSR count). The van der Waals surface area contributed by atoms with E-state index >= 15 is 0 Å². The first-order valence-electron chi connectivity index (χ1n) is 15.8. The molecule has 5 heteroatoms. The van der Waals surface area contributed by atoms with Gasteiger partial charge in [0.15, 0.2) is 0 Å². The van der Waals surface area contributed by atoms with Crippen LogP contribution in [0.25, 0.3) is 66.1 Å². The minimum Gasteiger partial charge on any atom is -0.458 e. The maximum Gasteiger partial charge on any atom is 0.202 e. The average Bonchev–Trinajstić information content (AvgIpc) is 3.64. The molecule has 0 amide bonds. The molecule has 2 aromatic heterocycles. The number of rotatable bonds is 3. The molecule has 0 bridgehead atoms. The van der Waals surface area contributed by atoms with Gasteiger partial charge in [0.1, 0.15) is 11.5 Å². The van der Waals surface area contributed by atoms with Crippen LogP contribution in [0.3, 0.4) is 0 Å². The monoisotopic (exact) mass is 617 g/mol. The summed E-state index contributed by atoms with van der Waals surface area (Å²) in [6, 6.07) is 53.7. The first kappa shape index (κ1) is 26.6. The van der Waals surface area contributed by atoms with Crippen LogP contribution in [0.5, 0.6) is 11.5 Å². The summed E-state index contributed by atoms with van der Waals surface area (Å²) in [6.07, 6.45) is 0. The molecule has 1 radical (unpaired) electrons. The standard InChI is InChI=1S/C42H26BN2OS/c47-41-20-10-5-15-32(41)33-23-27(45-37-18-8-3-13-30(37)31-14-4-9-19-38(31)45)25-40-42(33)43-34-24-26(21-22-39(34)46-40)44-35-16-6-1-11-28(35)29-12-2-7-17-36(29)44/h1-25,47H. The van der Waals surface area contributed by atoms with Crippen molar-refractivity contribution in [1.82, 2.24) is 9.13 Å². The fourth-order valence-electron chi connectivity index (χ4n) is 7.45. The van der Waals surface area contributed by atoms with Gasteiger partial charge in [-0.05, 0) is 76.6 Å². The number of ether oxygens (including phenoxy) is 1. The summed E-state index contributed by atoms with van der Waals surface area (Å²) in [6.45, 7) is 0. The zero-order valence-corrected chi connectivity index (χ0v) is 26.2. The van der Waals surface area contributed by atoms with Crippen LogP contribution < -0.4 is 15.7 Å². The number of fused-ring (bicyclic) bond motifs is 8. The van der Waals surface area contributed by atoms with E-state index in [0.29, 0.717) is 0 Å². The molecule has 0 saturated heterocycles. The Labute approximate surface area is 277 Å². The van der Waals surface area contributed by atoms with Gasteiger partial charge in [0.05, 0.1) is 27.8 Å². The second-order valence-electron chi connectivity index (χ2n) is 12.1. The summed E-state index contributed by atoms with van der Waals surface area (Å²) in [7, 11) is 2.27. The summed E-state index contributed by atoms with van der Waals surface area (Å²) in [5.41, 5.74) is 11.1. The van der Waals surface area contributed by atoms with Crippen molar-refractivity contribution in [2.45, 2.75) is 4.90 Å². The van der Waals surface area contributed by atoms with Crippen LogP contribution in [0.4, 0.5) is 0 Å². The number of aromatic nitrogens is 2. The zero-order chi connectivity index (χ0) is 31.1. The summed E-state index contributed by atoms with van der Waals surface area (Å²) < 4.78 is 11.5. The maximum absolute atomic E-state index is 6.81. The SMILES string of the molecule is Sc1ccccc1-c1cc(-n2c3ccccc3c3ccccc32)cc2c1[B]c1cc(-n3c4ccccc4c4ccccc43)ccc1O2. The second kappa shape index (κ2) is 10.2. The van der Waals surface area contributed by atoms with Gasteiger partial charge in [-0.25, -0.2) is 0 Å². The van der Waals surface area contributed by atoms with Crippen molar-refractivity contribution in [3.05, 3.63) is 152 Å². The van der Waals surface area contributed by atoms with Gasteiger partial charge in [0.25, 0.3) is 0 Å². The van der Waals surface area contributed by atoms with Crippen molar-refractivity contribution in [2.75, 3.05) is 0 Å². The number of hydrogen-bond donors (Lipinski definition) is 1. The van der Waals surface area contributed by atoms with Gasteiger partial charge < -0.3 is 13.9 Å². The third-order valence-electron chi connectivity index (χ3n) is 9.51. The summed E-state index contributed by atoms with van der Waals surface area (Å²) >= 11 is 4.92.